The summed E-state index contributed by atoms with van der Waals surface area (Å²) in [4.78, 5) is 61.7. The molecule has 6 amide bonds. The van der Waals surface area contributed by atoms with Crippen LogP contribution in [0.2, 0.25) is 0 Å². The van der Waals surface area contributed by atoms with E-state index in [0.717, 1.165) is 4.90 Å². The smallest absolute Gasteiger partial charge is 0.328 e. The van der Waals surface area contributed by atoms with Crippen LogP contribution in [0.3, 0.4) is 0 Å². The molecule has 11 heteroatoms. The third-order valence-corrected chi connectivity index (χ3v) is 8.85. The van der Waals surface area contributed by atoms with E-state index in [-0.39, 0.29) is 18.6 Å². The molecule has 33 heavy (non-hydrogen) atoms. The number of phenolic OH excluding ortho intramolecular Hbond substituents is 1. The summed E-state index contributed by atoms with van der Waals surface area (Å²) in [6.07, 6.45) is 1.67. The highest BCUT2D eigenvalue weighted by Gasteiger charge is 2.76. The zero-order valence-electron chi connectivity index (χ0n) is 17.3. The van der Waals surface area contributed by atoms with Gasteiger partial charge < -0.3 is 10.8 Å². The monoisotopic (exact) mass is 491 g/mol. The Hall–Kier alpha value is -2.91. The van der Waals surface area contributed by atoms with Gasteiger partial charge >= 0.3 is 6.03 Å². The van der Waals surface area contributed by atoms with Crippen molar-refractivity contribution in [3.8, 4) is 5.75 Å². The van der Waals surface area contributed by atoms with Crippen molar-refractivity contribution in [3.05, 3.63) is 41.5 Å². The minimum absolute atomic E-state index is 0.0819. The molecule has 2 saturated heterocycles. The maximum atomic E-state index is 13.3. The highest BCUT2D eigenvalue weighted by molar-refractivity contribution is 6.53. The summed E-state index contributed by atoms with van der Waals surface area (Å²) >= 11 is 13.9. The van der Waals surface area contributed by atoms with E-state index >= 15 is 0 Å². The van der Waals surface area contributed by atoms with Crippen molar-refractivity contribution in [2.45, 2.75) is 28.5 Å². The number of phenols is 1. The van der Waals surface area contributed by atoms with Crippen LogP contribution in [-0.4, -0.2) is 61.4 Å². The molecule has 1 aromatic rings. The number of hydrogen-bond acceptors (Lipinski definition) is 6. The van der Waals surface area contributed by atoms with Crippen LogP contribution in [0.15, 0.2) is 35.9 Å². The molecule has 2 heterocycles. The number of imide groups is 4. The van der Waals surface area contributed by atoms with E-state index in [9.17, 15) is 29.1 Å². The molecule has 3 N–H and O–H groups in total. The number of urea groups is 1. The molecule has 0 spiro atoms. The minimum atomic E-state index is -1.92. The molecule has 6 atom stereocenters. The lowest BCUT2D eigenvalue weighted by atomic mass is 9.56. The lowest BCUT2D eigenvalue weighted by Crippen LogP contribution is -2.60. The summed E-state index contributed by atoms with van der Waals surface area (Å²) in [6, 6.07) is 4.92. The van der Waals surface area contributed by atoms with Crippen LogP contribution < -0.4 is 5.73 Å². The van der Waals surface area contributed by atoms with Crippen molar-refractivity contribution in [2.75, 3.05) is 7.05 Å². The third-order valence-electron chi connectivity index (χ3n) is 7.44. The Morgan fingerprint density at radius 3 is 2.45 bits per heavy atom. The number of benzene rings is 1. The van der Waals surface area contributed by atoms with Gasteiger partial charge in [-0.3, -0.25) is 24.1 Å². The van der Waals surface area contributed by atoms with Crippen molar-refractivity contribution in [1.29, 1.82) is 0 Å². The van der Waals surface area contributed by atoms with Gasteiger partial charge in [-0.05, 0) is 36.5 Å². The molecule has 0 aromatic heterocycles. The number of hydrogen-bond donors (Lipinski definition) is 2. The number of fused-ring (bicyclic) bond motifs is 4. The highest BCUT2D eigenvalue weighted by Crippen LogP contribution is 2.65. The van der Waals surface area contributed by atoms with E-state index in [1.807, 2.05) is 0 Å². The van der Waals surface area contributed by atoms with Crippen LogP contribution >= 0.6 is 23.2 Å². The van der Waals surface area contributed by atoms with Gasteiger partial charge in [0, 0.05) is 13.0 Å². The number of halogens is 2. The SMILES string of the molecule is CN1C(=O)[C@]2(Cl)C[C@@H]3C(=CC[C@@H]4C(=O)N(C(N)=O)C(=O)[C@@H]43)[C@H](c3cccc(O)c3)[C@]2(Cl)C1=O. The molecule has 5 rings (SSSR count). The van der Waals surface area contributed by atoms with Gasteiger partial charge in [0.15, 0.2) is 9.75 Å². The first kappa shape index (κ1) is 21.9. The van der Waals surface area contributed by atoms with Crippen LogP contribution in [0.1, 0.15) is 24.3 Å². The fourth-order valence-corrected chi connectivity index (χ4v) is 7.06. The number of nitrogens with two attached hydrogens (primary N) is 1. The minimum Gasteiger partial charge on any atom is -0.508 e. The summed E-state index contributed by atoms with van der Waals surface area (Å²) in [5.74, 6) is -6.45. The van der Waals surface area contributed by atoms with Crippen LogP contribution in [-0.2, 0) is 19.2 Å². The Balaban J connectivity index is 1.74. The predicted molar refractivity (Wildman–Crippen MR) is 115 cm³/mol. The number of allylic oxidation sites excluding steroid dienone is 2. The Bertz CT molecular complexity index is 1200. The zero-order chi connectivity index (χ0) is 24.0. The first-order valence-electron chi connectivity index (χ1n) is 10.3. The van der Waals surface area contributed by atoms with Gasteiger partial charge in [-0.25, -0.2) is 4.79 Å². The standard InChI is InChI=1S/C22H19Cl2N3O6/c1-26-18(31)21(23)8-13-11(5-6-12-14(13)17(30)27(16(12)29)20(25)33)15(22(21,24)19(26)32)9-3-2-4-10(28)7-9/h2-5,7,12-15,28H,6,8H2,1H3,(H2,25,33)/t12-,13+,14-,15-,21+,22-/m0/s1. The van der Waals surface area contributed by atoms with E-state index in [4.69, 9.17) is 28.9 Å². The van der Waals surface area contributed by atoms with E-state index in [1.54, 1.807) is 18.2 Å². The van der Waals surface area contributed by atoms with Crippen LogP contribution in [0, 0.1) is 17.8 Å². The lowest BCUT2D eigenvalue weighted by Gasteiger charge is -2.50. The molecule has 0 bridgehead atoms. The number of nitrogens with zero attached hydrogens (tertiary/aromatic N) is 2. The summed E-state index contributed by atoms with van der Waals surface area (Å²) in [6.45, 7) is 0. The number of likely N-dealkylation sites (tertiary alicyclic amines) is 2. The average Bonchev–Trinajstić information content (AvgIpc) is 3.09. The molecule has 9 nitrogen and oxygen atoms in total. The number of amides is 6. The summed E-state index contributed by atoms with van der Waals surface area (Å²) in [7, 11) is 1.29. The normalized spacial score (nSPS) is 37.6. The average molecular weight is 492 g/mol. The highest BCUT2D eigenvalue weighted by atomic mass is 35.5. The van der Waals surface area contributed by atoms with Crippen LogP contribution in [0.5, 0.6) is 5.75 Å². The molecule has 1 aromatic carbocycles. The van der Waals surface area contributed by atoms with Crippen molar-refractivity contribution in [2.24, 2.45) is 23.5 Å². The molecular formula is C22H19Cl2N3O6. The quantitative estimate of drug-likeness (QED) is 0.346. The molecule has 0 radical (unpaired) electrons. The fraction of sp³-hybridized carbons (Fsp3) is 0.409. The molecule has 4 aliphatic rings. The van der Waals surface area contributed by atoms with Crippen molar-refractivity contribution >= 4 is 52.9 Å². The fourth-order valence-electron chi connectivity index (χ4n) is 6.04. The van der Waals surface area contributed by atoms with Crippen molar-refractivity contribution < 1.29 is 29.1 Å². The van der Waals surface area contributed by atoms with Crippen molar-refractivity contribution in [3.63, 3.8) is 0 Å². The van der Waals surface area contributed by atoms with E-state index in [1.165, 1.54) is 19.2 Å². The molecule has 172 valence electrons. The van der Waals surface area contributed by atoms with Crippen LogP contribution in [0.25, 0.3) is 0 Å². The maximum Gasteiger partial charge on any atom is 0.328 e. The second-order valence-corrected chi connectivity index (χ2v) is 10.2. The Kier molecular flexibility index (Phi) is 4.52. The summed E-state index contributed by atoms with van der Waals surface area (Å²) < 4.78 is 0. The Morgan fingerprint density at radius 1 is 1.12 bits per heavy atom. The first-order chi connectivity index (χ1) is 15.4. The van der Waals surface area contributed by atoms with Gasteiger partial charge in [-0.15, -0.1) is 23.2 Å². The molecular weight excluding hydrogens is 473 g/mol. The van der Waals surface area contributed by atoms with Gasteiger partial charge in [0.25, 0.3) is 11.8 Å². The zero-order valence-corrected chi connectivity index (χ0v) is 18.8. The first-order valence-corrected chi connectivity index (χ1v) is 11.1. The number of rotatable bonds is 1. The summed E-state index contributed by atoms with van der Waals surface area (Å²) in [5.41, 5.74) is 6.28. The van der Waals surface area contributed by atoms with Gasteiger partial charge in [-0.2, -0.15) is 4.90 Å². The second kappa shape index (κ2) is 6.80. The van der Waals surface area contributed by atoms with Gasteiger partial charge in [-0.1, -0.05) is 23.8 Å². The Labute approximate surface area is 198 Å². The number of alkyl halides is 2. The Morgan fingerprint density at radius 2 is 1.82 bits per heavy atom. The van der Waals surface area contributed by atoms with Gasteiger partial charge in [0.05, 0.1) is 11.8 Å². The molecule has 0 unspecified atom stereocenters. The number of primary amides is 1. The lowest BCUT2D eigenvalue weighted by molar-refractivity contribution is -0.139. The van der Waals surface area contributed by atoms with E-state index in [2.05, 4.69) is 0 Å². The second-order valence-electron chi connectivity index (χ2n) is 8.94. The maximum absolute atomic E-state index is 13.3. The number of carbonyl (C=O) groups excluding carboxylic acids is 5. The van der Waals surface area contributed by atoms with E-state index in [0.29, 0.717) is 16.0 Å². The predicted octanol–water partition coefficient (Wildman–Crippen LogP) is 1.46. The number of aromatic hydroxyl groups is 1. The summed E-state index contributed by atoms with van der Waals surface area (Å²) in [5, 5.41) is 10.1. The van der Waals surface area contributed by atoms with Gasteiger partial charge in [0.2, 0.25) is 11.8 Å². The third kappa shape index (κ3) is 2.52. The molecule has 2 aliphatic carbocycles. The largest absolute Gasteiger partial charge is 0.508 e. The van der Waals surface area contributed by atoms with Crippen molar-refractivity contribution in [1.82, 2.24) is 9.80 Å². The molecule has 3 fully saturated rings. The molecule has 2 aliphatic heterocycles. The topological polar surface area (TPSA) is 138 Å². The molecule has 1 saturated carbocycles. The van der Waals surface area contributed by atoms with E-state index < -0.39 is 63.1 Å². The van der Waals surface area contributed by atoms with Crippen LogP contribution in [0.4, 0.5) is 4.79 Å². The van der Waals surface area contributed by atoms with Gasteiger partial charge in [0.1, 0.15) is 5.75 Å². The number of carbonyl (C=O) groups is 5.